The Morgan fingerprint density at radius 1 is 1.39 bits per heavy atom. The van der Waals surface area contributed by atoms with Crippen LogP contribution in [0.3, 0.4) is 0 Å². The number of nitriles is 1. The molecule has 0 radical (unpaired) electrons. The van der Waals surface area contributed by atoms with Gasteiger partial charge in [-0.05, 0) is 37.6 Å². The second-order valence-corrected chi connectivity index (χ2v) is 8.78. The zero-order valence-corrected chi connectivity index (χ0v) is 18.8. The van der Waals surface area contributed by atoms with E-state index in [4.69, 9.17) is 0 Å². The average molecular weight is 461 g/mol. The third kappa shape index (κ3) is 4.13. The number of piperidine rings is 1. The van der Waals surface area contributed by atoms with E-state index in [1.165, 1.54) is 17.8 Å². The van der Waals surface area contributed by atoms with Gasteiger partial charge in [0.05, 0.1) is 17.8 Å². The molecule has 33 heavy (non-hydrogen) atoms. The number of hydrogen-bond acceptors (Lipinski definition) is 7. The molecule has 1 atom stereocenters. The van der Waals surface area contributed by atoms with Gasteiger partial charge in [-0.15, -0.1) is 0 Å². The molecule has 0 aromatic carbocycles. The van der Waals surface area contributed by atoms with Gasteiger partial charge in [-0.25, -0.2) is 13.9 Å². The van der Waals surface area contributed by atoms with E-state index in [2.05, 4.69) is 31.6 Å². The summed E-state index contributed by atoms with van der Waals surface area (Å²) in [6.45, 7) is 1.82. The van der Waals surface area contributed by atoms with Crippen LogP contribution in [0.2, 0.25) is 0 Å². The van der Waals surface area contributed by atoms with Crippen LogP contribution in [-0.4, -0.2) is 50.7 Å². The number of fused-ring (bicyclic) bond motifs is 1. The quantitative estimate of drug-likeness (QED) is 0.456. The minimum absolute atomic E-state index is 0.205. The lowest BCUT2D eigenvalue weighted by atomic mass is 10.1. The van der Waals surface area contributed by atoms with Crippen LogP contribution >= 0.6 is 11.8 Å². The Morgan fingerprint density at radius 3 is 3.06 bits per heavy atom. The maximum Gasteiger partial charge on any atom is 0.170 e. The summed E-state index contributed by atoms with van der Waals surface area (Å²) in [4.78, 5) is 9.07. The minimum Gasteiger partial charge on any atom is -0.315 e. The highest BCUT2D eigenvalue weighted by Gasteiger charge is 2.21. The van der Waals surface area contributed by atoms with Crippen LogP contribution in [0.4, 0.5) is 4.39 Å². The van der Waals surface area contributed by atoms with Gasteiger partial charge in [-0.3, -0.25) is 9.67 Å². The van der Waals surface area contributed by atoms with E-state index in [1.807, 2.05) is 23.1 Å². The van der Waals surface area contributed by atoms with E-state index in [0.717, 1.165) is 53.0 Å². The Hall–Kier alpha value is -3.55. The van der Waals surface area contributed by atoms with Crippen LogP contribution in [0.5, 0.6) is 0 Å². The number of halogens is 1. The first-order valence-corrected chi connectivity index (χ1v) is 11.4. The zero-order valence-electron chi connectivity index (χ0n) is 17.9. The Labute approximate surface area is 194 Å². The molecule has 0 saturated carbocycles. The standard InChI is InChI=1S/C23H21FN8S/c1-26-10-16-11-29-32-13-15(8-21(22(16)32)33-23-19(24)5-3-7-28-23)18-14-31(30-20(18)9-25)17-4-2-6-27-12-17/h3,5,7-8,10-11,13-14,17,27H,2,4,6,12H2,1H3/b26-10-/t17-/m0/s1. The zero-order chi connectivity index (χ0) is 22.8. The van der Waals surface area contributed by atoms with Crippen LogP contribution in [0.25, 0.3) is 16.6 Å². The summed E-state index contributed by atoms with van der Waals surface area (Å²) < 4.78 is 18.0. The number of nitrogens with one attached hydrogen (secondary N) is 1. The molecular formula is C23H21FN8S. The number of pyridine rings is 2. The first-order chi connectivity index (χ1) is 16.2. The summed E-state index contributed by atoms with van der Waals surface area (Å²) >= 11 is 1.22. The van der Waals surface area contributed by atoms with Gasteiger partial charge in [-0.1, -0.05) is 11.8 Å². The van der Waals surface area contributed by atoms with Gasteiger partial charge in [0.25, 0.3) is 0 Å². The van der Waals surface area contributed by atoms with Crippen LogP contribution in [-0.2, 0) is 0 Å². The van der Waals surface area contributed by atoms with Crippen molar-refractivity contribution in [3.05, 3.63) is 60.1 Å². The topological polar surface area (TPSA) is 96.2 Å². The van der Waals surface area contributed by atoms with Gasteiger partial charge < -0.3 is 5.32 Å². The fraction of sp³-hybridized carbons (Fsp3) is 0.261. The fourth-order valence-electron chi connectivity index (χ4n) is 4.05. The molecule has 166 valence electrons. The second-order valence-electron chi connectivity index (χ2n) is 7.75. The van der Waals surface area contributed by atoms with Crippen molar-refractivity contribution in [1.82, 2.24) is 29.7 Å². The average Bonchev–Trinajstić information content (AvgIpc) is 3.46. The molecule has 5 rings (SSSR count). The monoisotopic (exact) mass is 460 g/mol. The SMILES string of the molecule is C/N=C\c1cnn2cc(-c3cn([C@H]4CCCNC4)nc3C#N)cc(Sc3ncccc3F)c12. The summed E-state index contributed by atoms with van der Waals surface area (Å²) in [7, 11) is 1.69. The molecule has 1 aliphatic heterocycles. The first-order valence-electron chi connectivity index (χ1n) is 10.6. The van der Waals surface area contributed by atoms with Crippen molar-refractivity contribution in [3.63, 3.8) is 0 Å². The number of aliphatic imine (C=N–C) groups is 1. The van der Waals surface area contributed by atoms with Gasteiger partial charge >= 0.3 is 0 Å². The summed E-state index contributed by atoms with van der Waals surface area (Å²) in [5, 5.41) is 22.5. The third-order valence-corrected chi connectivity index (χ3v) is 6.62. The second kappa shape index (κ2) is 9.13. The Balaban J connectivity index is 1.65. The molecule has 1 N–H and O–H groups in total. The lowest BCUT2D eigenvalue weighted by Crippen LogP contribution is -2.31. The maximum atomic E-state index is 14.4. The number of aromatic nitrogens is 5. The van der Waals surface area contributed by atoms with Crippen LogP contribution in [0.1, 0.15) is 30.1 Å². The molecule has 0 amide bonds. The summed E-state index contributed by atoms with van der Waals surface area (Å²) in [6, 6.07) is 7.31. The highest BCUT2D eigenvalue weighted by atomic mass is 32.2. The molecule has 1 saturated heterocycles. The van der Waals surface area contributed by atoms with Crippen molar-refractivity contribution in [1.29, 1.82) is 5.26 Å². The highest BCUT2D eigenvalue weighted by Crippen LogP contribution is 2.36. The van der Waals surface area contributed by atoms with E-state index < -0.39 is 5.82 Å². The Kier molecular flexibility index (Phi) is 5.90. The van der Waals surface area contributed by atoms with Crippen molar-refractivity contribution in [2.75, 3.05) is 20.1 Å². The van der Waals surface area contributed by atoms with Gasteiger partial charge in [0, 0.05) is 60.0 Å². The predicted octanol–water partition coefficient (Wildman–Crippen LogP) is 3.73. The smallest absolute Gasteiger partial charge is 0.170 e. The molecule has 10 heteroatoms. The molecule has 0 bridgehead atoms. The number of nitrogens with zero attached hydrogens (tertiary/aromatic N) is 7. The van der Waals surface area contributed by atoms with Gasteiger partial charge in [0.15, 0.2) is 11.5 Å². The highest BCUT2D eigenvalue weighted by molar-refractivity contribution is 7.99. The predicted molar refractivity (Wildman–Crippen MR) is 124 cm³/mol. The minimum atomic E-state index is -0.397. The molecule has 1 aliphatic rings. The molecule has 1 fully saturated rings. The van der Waals surface area contributed by atoms with E-state index in [0.29, 0.717) is 5.69 Å². The summed E-state index contributed by atoms with van der Waals surface area (Å²) in [6.07, 6.45) is 10.9. The fourth-order valence-corrected chi connectivity index (χ4v) is 5.03. The van der Waals surface area contributed by atoms with E-state index in [-0.39, 0.29) is 11.1 Å². The van der Waals surface area contributed by atoms with Crippen molar-refractivity contribution >= 4 is 23.5 Å². The number of hydrogen-bond donors (Lipinski definition) is 1. The Bertz CT molecular complexity index is 1380. The largest absolute Gasteiger partial charge is 0.315 e. The molecule has 0 unspecified atom stereocenters. The molecular weight excluding hydrogens is 439 g/mol. The molecule has 0 spiro atoms. The van der Waals surface area contributed by atoms with E-state index in [1.54, 1.807) is 36.2 Å². The summed E-state index contributed by atoms with van der Waals surface area (Å²) in [5.41, 5.74) is 3.45. The first kappa shape index (κ1) is 21.3. The molecule has 4 aromatic rings. The van der Waals surface area contributed by atoms with E-state index >= 15 is 0 Å². The number of rotatable bonds is 5. The van der Waals surface area contributed by atoms with Gasteiger partial charge in [0.2, 0.25) is 0 Å². The maximum absolute atomic E-state index is 14.4. The Morgan fingerprint density at radius 2 is 2.30 bits per heavy atom. The van der Waals surface area contributed by atoms with Gasteiger partial charge in [0.1, 0.15) is 11.1 Å². The molecule has 5 heterocycles. The molecule has 0 aliphatic carbocycles. The van der Waals surface area contributed by atoms with Crippen molar-refractivity contribution in [2.24, 2.45) is 4.99 Å². The summed E-state index contributed by atoms with van der Waals surface area (Å²) in [5.74, 6) is -0.397. The van der Waals surface area contributed by atoms with Crippen LogP contribution < -0.4 is 5.32 Å². The van der Waals surface area contributed by atoms with Crippen molar-refractivity contribution in [2.45, 2.75) is 28.8 Å². The van der Waals surface area contributed by atoms with Crippen molar-refractivity contribution in [3.8, 4) is 17.2 Å². The normalized spacial score (nSPS) is 16.5. The van der Waals surface area contributed by atoms with Crippen LogP contribution in [0.15, 0.2) is 57.9 Å². The van der Waals surface area contributed by atoms with E-state index in [9.17, 15) is 9.65 Å². The van der Waals surface area contributed by atoms with Gasteiger partial charge in [-0.2, -0.15) is 15.5 Å². The lowest BCUT2D eigenvalue weighted by molar-refractivity contribution is 0.346. The molecule has 4 aromatic heterocycles. The van der Waals surface area contributed by atoms with Crippen molar-refractivity contribution < 1.29 is 4.39 Å². The third-order valence-electron chi connectivity index (χ3n) is 5.60. The molecule has 8 nitrogen and oxygen atoms in total. The lowest BCUT2D eigenvalue weighted by Gasteiger charge is -2.22. The van der Waals surface area contributed by atoms with Crippen LogP contribution in [0, 0.1) is 17.1 Å².